The van der Waals surface area contributed by atoms with Gasteiger partial charge in [-0.25, -0.2) is 9.97 Å². The van der Waals surface area contributed by atoms with Crippen LogP contribution in [0.2, 0.25) is 0 Å². The molecule has 0 unspecified atom stereocenters. The number of aliphatic hydroxyl groups is 1. The van der Waals surface area contributed by atoms with E-state index in [9.17, 15) is 0 Å². The third kappa shape index (κ3) is 4.48. The molecule has 19 heavy (non-hydrogen) atoms. The first-order chi connectivity index (χ1) is 9.26. The van der Waals surface area contributed by atoms with E-state index in [2.05, 4.69) is 28.8 Å². The quantitative estimate of drug-likeness (QED) is 0.706. The highest BCUT2D eigenvalue weighted by molar-refractivity contribution is 5.59. The summed E-state index contributed by atoms with van der Waals surface area (Å²) in [5.74, 6) is 1.64. The molecule has 0 radical (unpaired) electrons. The number of nitrogens with zero attached hydrogens (tertiary/aromatic N) is 2. The molecule has 4 heteroatoms. The van der Waals surface area contributed by atoms with E-state index < -0.39 is 0 Å². The Hall–Kier alpha value is -1.68. The van der Waals surface area contributed by atoms with Gasteiger partial charge in [0, 0.05) is 18.5 Å². The molecular formula is C15H23N3O. The predicted molar refractivity (Wildman–Crippen MR) is 80.2 cm³/mol. The number of hydrogen-bond donors (Lipinski definition) is 2. The Morgan fingerprint density at radius 1 is 1.37 bits per heavy atom. The molecule has 0 spiro atoms. The van der Waals surface area contributed by atoms with Crippen LogP contribution in [0, 0.1) is 0 Å². The van der Waals surface area contributed by atoms with Crippen molar-refractivity contribution >= 4 is 11.9 Å². The fraction of sp³-hybridized carbons (Fsp3) is 0.467. The second kappa shape index (κ2) is 8.43. The minimum atomic E-state index is 0.0829. The molecule has 104 valence electrons. The van der Waals surface area contributed by atoms with Crippen molar-refractivity contribution in [2.24, 2.45) is 0 Å². The molecule has 0 saturated heterocycles. The number of hydrogen-bond acceptors (Lipinski definition) is 4. The van der Waals surface area contributed by atoms with Crippen LogP contribution in [0.1, 0.15) is 37.4 Å². The van der Waals surface area contributed by atoms with E-state index in [0.29, 0.717) is 13.0 Å². The van der Waals surface area contributed by atoms with Gasteiger partial charge in [-0.1, -0.05) is 19.1 Å². The molecule has 1 rings (SSSR count). The van der Waals surface area contributed by atoms with Crippen molar-refractivity contribution in [3.05, 3.63) is 35.8 Å². The Morgan fingerprint density at radius 3 is 2.74 bits per heavy atom. The lowest BCUT2D eigenvalue weighted by molar-refractivity contribution is 0.311. The van der Waals surface area contributed by atoms with Crippen LogP contribution in [-0.4, -0.2) is 28.2 Å². The summed E-state index contributed by atoms with van der Waals surface area (Å²) >= 11 is 0. The van der Waals surface area contributed by atoms with E-state index >= 15 is 0 Å². The van der Waals surface area contributed by atoms with Gasteiger partial charge in [0.15, 0.2) is 0 Å². The summed E-state index contributed by atoms with van der Waals surface area (Å²) < 4.78 is 0. The van der Waals surface area contributed by atoms with Gasteiger partial charge >= 0.3 is 0 Å². The zero-order valence-electron chi connectivity index (χ0n) is 11.8. The lowest BCUT2D eigenvalue weighted by atomic mass is 10.1. The molecule has 0 amide bonds. The van der Waals surface area contributed by atoms with Gasteiger partial charge in [-0.15, -0.1) is 6.58 Å². The van der Waals surface area contributed by atoms with Crippen LogP contribution >= 0.6 is 0 Å². The highest BCUT2D eigenvalue weighted by Gasteiger charge is 2.11. The molecule has 1 aromatic rings. The maximum Gasteiger partial charge on any atom is 0.133 e. The molecular weight excluding hydrogens is 238 g/mol. The summed E-state index contributed by atoms with van der Waals surface area (Å²) in [5.41, 5.74) is 1.96. The number of aryl methyl sites for hydroxylation is 1. The van der Waals surface area contributed by atoms with Crippen molar-refractivity contribution in [1.29, 1.82) is 0 Å². The number of allylic oxidation sites excluding steroid dienone is 2. The van der Waals surface area contributed by atoms with Crippen LogP contribution < -0.4 is 5.32 Å². The highest BCUT2D eigenvalue weighted by atomic mass is 16.3. The zero-order chi connectivity index (χ0) is 14.1. The van der Waals surface area contributed by atoms with Crippen LogP contribution in [0.4, 0.5) is 5.82 Å². The van der Waals surface area contributed by atoms with Crippen molar-refractivity contribution in [1.82, 2.24) is 9.97 Å². The van der Waals surface area contributed by atoms with E-state index in [1.807, 2.05) is 25.2 Å². The zero-order valence-corrected chi connectivity index (χ0v) is 11.8. The molecule has 0 fully saturated rings. The predicted octanol–water partition coefficient (Wildman–Crippen LogP) is 2.59. The molecule has 0 atom stereocenters. The monoisotopic (exact) mass is 261 g/mol. The van der Waals surface area contributed by atoms with Crippen LogP contribution in [0.25, 0.3) is 6.08 Å². The Balaban J connectivity index is 3.23. The van der Waals surface area contributed by atoms with Gasteiger partial charge < -0.3 is 10.4 Å². The van der Waals surface area contributed by atoms with Gasteiger partial charge in [-0.2, -0.15) is 0 Å². The van der Waals surface area contributed by atoms with Crippen LogP contribution in [0.5, 0.6) is 0 Å². The van der Waals surface area contributed by atoms with E-state index in [-0.39, 0.29) is 6.61 Å². The summed E-state index contributed by atoms with van der Waals surface area (Å²) in [4.78, 5) is 9.14. The van der Waals surface area contributed by atoms with Crippen molar-refractivity contribution in [2.75, 3.05) is 18.5 Å². The van der Waals surface area contributed by atoms with Crippen molar-refractivity contribution in [3.8, 4) is 0 Å². The second-order valence-electron chi connectivity index (χ2n) is 4.25. The van der Waals surface area contributed by atoms with Gasteiger partial charge in [0.25, 0.3) is 0 Å². The first kappa shape index (κ1) is 15.4. The van der Waals surface area contributed by atoms with E-state index in [0.717, 1.165) is 35.7 Å². The molecule has 1 aromatic heterocycles. The number of rotatable bonds is 8. The summed E-state index contributed by atoms with van der Waals surface area (Å²) in [6, 6.07) is 0. The van der Waals surface area contributed by atoms with E-state index in [4.69, 9.17) is 5.11 Å². The summed E-state index contributed by atoms with van der Waals surface area (Å²) in [6.45, 7) is 8.43. The summed E-state index contributed by atoms with van der Waals surface area (Å²) in [6.07, 6.45) is 8.38. The van der Waals surface area contributed by atoms with Gasteiger partial charge in [-0.3, -0.25) is 0 Å². The van der Waals surface area contributed by atoms with Crippen LogP contribution in [0.3, 0.4) is 0 Å². The fourth-order valence-electron chi connectivity index (χ4n) is 1.85. The first-order valence-corrected chi connectivity index (χ1v) is 6.74. The fourth-order valence-corrected chi connectivity index (χ4v) is 1.85. The van der Waals surface area contributed by atoms with E-state index in [1.54, 1.807) is 0 Å². The topological polar surface area (TPSA) is 58.0 Å². The first-order valence-electron chi connectivity index (χ1n) is 6.74. The summed E-state index contributed by atoms with van der Waals surface area (Å²) in [5, 5.41) is 12.1. The molecule has 4 nitrogen and oxygen atoms in total. The standard InChI is InChI=1S/C15H23N3O/c1-4-7-12-13(8-5-2)17-14(9-6-3)18-15(12)16-10-11-19/h4-5,8,19H,1,6-7,9-11H2,2-3H3,(H,16,17,18). The van der Waals surface area contributed by atoms with Crippen molar-refractivity contribution in [3.63, 3.8) is 0 Å². The minimum absolute atomic E-state index is 0.0829. The normalized spacial score (nSPS) is 10.9. The van der Waals surface area contributed by atoms with Crippen LogP contribution in [0.15, 0.2) is 18.7 Å². The van der Waals surface area contributed by atoms with Gasteiger partial charge in [-0.05, 0) is 25.8 Å². The molecule has 0 aromatic carbocycles. The molecule has 2 N–H and O–H groups in total. The maximum atomic E-state index is 8.95. The highest BCUT2D eigenvalue weighted by Crippen LogP contribution is 2.20. The molecule has 0 saturated carbocycles. The third-order valence-corrected chi connectivity index (χ3v) is 2.64. The van der Waals surface area contributed by atoms with Gasteiger partial charge in [0.05, 0.1) is 12.3 Å². The average Bonchev–Trinajstić information content (AvgIpc) is 2.40. The van der Waals surface area contributed by atoms with Crippen molar-refractivity contribution in [2.45, 2.75) is 33.1 Å². The Kier molecular flexibility index (Phi) is 6.82. The third-order valence-electron chi connectivity index (χ3n) is 2.64. The summed E-state index contributed by atoms with van der Waals surface area (Å²) in [7, 11) is 0. The van der Waals surface area contributed by atoms with Crippen molar-refractivity contribution < 1.29 is 5.11 Å². The molecule has 0 aliphatic rings. The SMILES string of the molecule is C=CCc1c(C=CC)nc(CCC)nc1NCCO. The second-order valence-corrected chi connectivity index (χ2v) is 4.25. The smallest absolute Gasteiger partial charge is 0.133 e. The van der Waals surface area contributed by atoms with E-state index in [1.165, 1.54) is 0 Å². The van der Waals surface area contributed by atoms with Gasteiger partial charge in [0.1, 0.15) is 11.6 Å². The lowest BCUT2D eigenvalue weighted by Crippen LogP contribution is -2.13. The molecule has 1 heterocycles. The maximum absolute atomic E-state index is 8.95. The number of aliphatic hydroxyl groups excluding tert-OH is 1. The molecule has 0 aliphatic heterocycles. The van der Waals surface area contributed by atoms with Crippen LogP contribution in [-0.2, 0) is 12.8 Å². The Morgan fingerprint density at radius 2 is 2.16 bits per heavy atom. The minimum Gasteiger partial charge on any atom is -0.395 e. The van der Waals surface area contributed by atoms with Gasteiger partial charge in [0.2, 0.25) is 0 Å². The Labute approximate surface area is 115 Å². The number of anilines is 1. The molecule has 0 aliphatic carbocycles. The molecule has 0 bridgehead atoms. The number of aromatic nitrogens is 2. The Bertz CT molecular complexity index is 441. The largest absolute Gasteiger partial charge is 0.395 e. The number of nitrogens with one attached hydrogen (secondary N) is 1. The average molecular weight is 261 g/mol. The lowest BCUT2D eigenvalue weighted by Gasteiger charge is -2.13.